The van der Waals surface area contributed by atoms with Gasteiger partial charge in [-0.1, -0.05) is 36.4 Å². The van der Waals surface area contributed by atoms with Crippen LogP contribution in [-0.4, -0.2) is 42.3 Å². The number of fused-ring (bicyclic) bond motifs is 1. The van der Waals surface area contributed by atoms with E-state index in [0.717, 1.165) is 5.56 Å². The van der Waals surface area contributed by atoms with Gasteiger partial charge in [-0.05, 0) is 29.8 Å². The molecular weight excluding hydrogens is 446 g/mol. The molecular formula is C25H21N7O3. The van der Waals surface area contributed by atoms with Gasteiger partial charge >= 0.3 is 5.97 Å². The molecule has 0 saturated heterocycles. The van der Waals surface area contributed by atoms with E-state index in [-0.39, 0.29) is 16.9 Å². The fourth-order valence-corrected chi connectivity index (χ4v) is 3.79. The number of hydrogen-bond donors (Lipinski definition) is 2. The topological polar surface area (TPSA) is 118 Å². The average molecular weight is 467 g/mol. The van der Waals surface area contributed by atoms with E-state index in [9.17, 15) is 14.7 Å². The van der Waals surface area contributed by atoms with Crippen LogP contribution in [0.15, 0.2) is 90.1 Å². The number of aromatic nitrogens is 5. The minimum atomic E-state index is -1.16. The van der Waals surface area contributed by atoms with Crippen molar-refractivity contribution in [2.45, 2.75) is 6.54 Å². The summed E-state index contributed by atoms with van der Waals surface area (Å²) in [4.78, 5) is 35.4. The molecule has 5 rings (SSSR count). The van der Waals surface area contributed by atoms with E-state index in [1.165, 1.54) is 15.3 Å². The van der Waals surface area contributed by atoms with Gasteiger partial charge in [0.15, 0.2) is 17.2 Å². The van der Waals surface area contributed by atoms with Crippen LogP contribution in [0.1, 0.15) is 16.1 Å². The first-order valence-electron chi connectivity index (χ1n) is 10.8. The third-order valence-electron chi connectivity index (χ3n) is 5.45. The molecule has 174 valence electrons. The van der Waals surface area contributed by atoms with Crippen molar-refractivity contribution in [1.29, 1.82) is 0 Å². The summed E-state index contributed by atoms with van der Waals surface area (Å²) in [5, 5.41) is 17.1. The second kappa shape index (κ2) is 9.10. The Balaban J connectivity index is 1.58. The number of imidazole rings is 1. The van der Waals surface area contributed by atoms with Crippen LogP contribution in [0.3, 0.4) is 0 Å². The predicted octanol–water partition coefficient (Wildman–Crippen LogP) is 3.35. The lowest BCUT2D eigenvalue weighted by molar-refractivity contribution is 0.0688. The quantitative estimate of drug-likeness (QED) is 0.374. The third-order valence-corrected chi connectivity index (χ3v) is 5.45. The van der Waals surface area contributed by atoms with Gasteiger partial charge in [0.25, 0.3) is 5.56 Å². The first-order valence-corrected chi connectivity index (χ1v) is 10.8. The highest BCUT2D eigenvalue weighted by atomic mass is 16.4. The molecule has 5 aromatic rings. The SMILES string of the molecule is CN(Cc1ccccc1)c1cc(Nc2cccn(-c3ccccn3)c2=O)nn2c(C(=O)O)cnc12. The number of nitrogens with one attached hydrogen (secondary N) is 1. The predicted molar refractivity (Wildman–Crippen MR) is 132 cm³/mol. The molecule has 0 fully saturated rings. The van der Waals surface area contributed by atoms with Crippen molar-refractivity contribution in [2.24, 2.45) is 0 Å². The molecule has 0 aliphatic rings. The van der Waals surface area contributed by atoms with Crippen LogP contribution in [0.5, 0.6) is 0 Å². The van der Waals surface area contributed by atoms with Crippen molar-refractivity contribution >= 4 is 28.8 Å². The zero-order valence-electron chi connectivity index (χ0n) is 18.7. The Labute approximate surface area is 199 Å². The maximum Gasteiger partial charge on any atom is 0.356 e. The fraction of sp³-hybridized carbons (Fsp3) is 0.0800. The minimum Gasteiger partial charge on any atom is -0.476 e. The summed E-state index contributed by atoms with van der Waals surface area (Å²) in [6.07, 6.45) is 4.51. The van der Waals surface area contributed by atoms with Gasteiger partial charge in [0.2, 0.25) is 0 Å². The van der Waals surface area contributed by atoms with Crippen LogP contribution < -0.4 is 15.8 Å². The number of nitrogens with zero attached hydrogens (tertiary/aromatic N) is 6. The van der Waals surface area contributed by atoms with Crippen molar-refractivity contribution in [3.05, 3.63) is 107 Å². The molecule has 0 aliphatic carbocycles. The Morgan fingerprint density at radius 2 is 1.86 bits per heavy atom. The number of hydrogen-bond acceptors (Lipinski definition) is 7. The lowest BCUT2D eigenvalue weighted by atomic mass is 10.2. The van der Waals surface area contributed by atoms with Gasteiger partial charge in [0.1, 0.15) is 11.5 Å². The zero-order chi connectivity index (χ0) is 24.4. The van der Waals surface area contributed by atoms with Crippen LogP contribution in [-0.2, 0) is 6.54 Å². The monoisotopic (exact) mass is 467 g/mol. The van der Waals surface area contributed by atoms with Crippen LogP contribution >= 0.6 is 0 Å². The van der Waals surface area contributed by atoms with Crippen LogP contribution in [0.25, 0.3) is 11.5 Å². The van der Waals surface area contributed by atoms with E-state index in [1.807, 2.05) is 42.3 Å². The molecule has 0 bridgehead atoms. The van der Waals surface area contributed by atoms with E-state index >= 15 is 0 Å². The number of anilines is 3. The van der Waals surface area contributed by atoms with Crippen molar-refractivity contribution in [3.8, 4) is 5.82 Å². The lowest BCUT2D eigenvalue weighted by Gasteiger charge is -2.21. The van der Waals surface area contributed by atoms with Crippen LogP contribution in [0, 0.1) is 0 Å². The number of carboxylic acid groups (broad SMARTS) is 1. The summed E-state index contributed by atoms with van der Waals surface area (Å²) in [5.74, 6) is -0.379. The smallest absolute Gasteiger partial charge is 0.356 e. The molecule has 1 aromatic carbocycles. The van der Waals surface area contributed by atoms with E-state index in [1.54, 1.807) is 48.8 Å². The molecule has 4 aromatic heterocycles. The molecule has 0 radical (unpaired) electrons. The lowest BCUT2D eigenvalue weighted by Crippen LogP contribution is -2.22. The summed E-state index contributed by atoms with van der Waals surface area (Å²) in [6.45, 7) is 0.563. The first-order chi connectivity index (χ1) is 17.0. The molecule has 0 spiro atoms. The van der Waals surface area contributed by atoms with Gasteiger partial charge in [-0.3, -0.25) is 9.36 Å². The molecule has 0 atom stereocenters. The summed E-state index contributed by atoms with van der Waals surface area (Å²) in [6, 6.07) is 20.3. The van der Waals surface area contributed by atoms with E-state index in [4.69, 9.17) is 0 Å². The van der Waals surface area contributed by atoms with Crippen molar-refractivity contribution in [2.75, 3.05) is 17.3 Å². The zero-order valence-corrected chi connectivity index (χ0v) is 18.7. The molecule has 0 saturated carbocycles. The maximum absolute atomic E-state index is 13.1. The van der Waals surface area contributed by atoms with Gasteiger partial charge in [0.05, 0.1) is 11.9 Å². The molecule has 4 heterocycles. The van der Waals surface area contributed by atoms with Gasteiger partial charge in [-0.15, -0.1) is 5.10 Å². The fourth-order valence-electron chi connectivity index (χ4n) is 3.79. The number of carboxylic acids is 1. The highest BCUT2D eigenvalue weighted by molar-refractivity contribution is 5.88. The number of aromatic carboxylic acids is 1. The molecule has 35 heavy (non-hydrogen) atoms. The summed E-state index contributed by atoms with van der Waals surface area (Å²) >= 11 is 0. The Morgan fingerprint density at radius 3 is 2.60 bits per heavy atom. The maximum atomic E-state index is 13.1. The number of benzene rings is 1. The summed E-state index contributed by atoms with van der Waals surface area (Å²) in [5.41, 5.74) is 1.97. The molecule has 2 N–H and O–H groups in total. The molecule has 10 nitrogen and oxygen atoms in total. The molecule has 0 aliphatic heterocycles. The average Bonchev–Trinajstić information content (AvgIpc) is 3.30. The van der Waals surface area contributed by atoms with Crippen molar-refractivity contribution in [1.82, 2.24) is 24.1 Å². The standard InChI is InChI=1S/C25H21N7O3/c1-30(16-17-8-3-2-4-9-17)19-14-21(29-32-20(25(34)35)15-27-23(19)32)28-18-10-7-13-31(24(18)33)22-11-5-6-12-26-22/h2-15H,16H2,1H3,(H,28,29)(H,34,35). The Kier molecular flexibility index (Phi) is 5.68. The van der Waals surface area contributed by atoms with Gasteiger partial charge < -0.3 is 15.3 Å². The van der Waals surface area contributed by atoms with Crippen molar-refractivity contribution < 1.29 is 9.90 Å². The largest absolute Gasteiger partial charge is 0.476 e. The van der Waals surface area contributed by atoms with Gasteiger partial charge in [-0.25, -0.2) is 19.3 Å². The highest BCUT2D eigenvalue weighted by Crippen LogP contribution is 2.26. The Morgan fingerprint density at radius 1 is 1.06 bits per heavy atom. The Hall–Kier alpha value is -4.99. The van der Waals surface area contributed by atoms with E-state index in [0.29, 0.717) is 29.5 Å². The molecule has 0 unspecified atom stereocenters. The summed E-state index contributed by atoms with van der Waals surface area (Å²) < 4.78 is 2.69. The first kappa shape index (κ1) is 21.8. The van der Waals surface area contributed by atoms with Gasteiger partial charge in [-0.2, -0.15) is 0 Å². The highest BCUT2D eigenvalue weighted by Gasteiger charge is 2.19. The second-order valence-electron chi connectivity index (χ2n) is 7.85. The molecule has 0 amide bonds. The normalized spacial score (nSPS) is 10.9. The third kappa shape index (κ3) is 4.32. The van der Waals surface area contributed by atoms with Gasteiger partial charge in [0, 0.05) is 32.1 Å². The van der Waals surface area contributed by atoms with Crippen LogP contribution in [0.2, 0.25) is 0 Å². The van der Waals surface area contributed by atoms with E-state index in [2.05, 4.69) is 20.4 Å². The second-order valence-corrected chi connectivity index (χ2v) is 7.85. The number of carbonyl (C=O) groups is 1. The number of rotatable bonds is 7. The van der Waals surface area contributed by atoms with Crippen molar-refractivity contribution in [3.63, 3.8) is 0 Å². The van der Waals surface area contributed by atoms with E-state index < -0.39 is 5.97 Å². The molecule has 10 heteroatoms. The minimum absolute atomic E-state index is 0.0861. The Bertz CT molecular complexity index is 1560. The number of pyridine rings is 2. The summed E-state index contributed by atoms with van der Waals surface area (Å²) in [7, 11) is 1.89. The van der Waals surface area contributed by atoms with Crippen LogP contribution in [0.4, 0.5) is 17.2 Å².